The first-order valence-corrected chi connectivity index (χ1v) is 9.74. The average molecular weight is 381 g/mol. The molecule has 140 valence electrons. The van der Waals surface area contributed by atoms with Gasteiger partial charge in [0.05, 0.1) is 6.26 Å². The maximum atomic E-state index is 12.1. The van der Waals surface area contributed by atoms with Crippen molar-refractivity contribution >= 4 is 21.7 Å². The lowest BCUT2D eigenvalue weighted by Gasteiger charge is -2.18. The van der Waals surface area contributed by atoms with E-state index in [9.17, 15) is 13.2 Å². The van der Waals surface area contributed by atoms with Gasteiger partial charge in [-0.2, -0.15) is 0 Å². The van der Waals surface area contributed by atoms with Crippen LogP contribution in [-0.4, -0.2) is 39.1 Å². The lowest BCUT2D eigenvalue weighted by molar-refractivity contribution is -0.121. The molecule has 0 saturated carbocycles. The quantitative estimate of drug-likeness (QED) is 0.767. The Balaban J connectivity index is 1.55. The van der Waals surface area contributed by atoms with E-state index < -0.39 is 10.0 Å². The van der Waals surface area contributed by atoms with Gasteiger partial charge in [-0.05, 0) is 24.6 Å². The number of amides is 1. The highest BCUT2D eigenvalue weighted by Gasteiger charge is 2.21. The molecule has 1 N–H and O–H groups in total. The van der Waals surface area contributed by atoms with E-state index in [2.05, 4.69) is 10.5 Å². The maximum absolute atomic E-state index is 12.1. The van der Waals surface area contributed by atoms with Gasteiger partial charge in [-0.25, -0.2) is 8.42 Å². The Morgan fingerprint density at radius 3 is 2.73 bits per heavy atom. The fraction of sp³-hybridized carbons (Fsp3) is 0.375. The molecular formula is C16H19N3O6S. The first-order chi connectivity index (χ1) is 12.3. The predicted octanol–water partition coefficient (Wildman–Crippen LogP) is 1.18. The zero-order valence-electron chi connectivity index (χ0n) is 14.4. The molecule has 2 aromatic rings. The molecule has 1 amide bonds. The second kappa shape index (κ2) is 7.24. The highest BCUT2D eigenvalue weighted by molar-refractivity contribution is 7.92. The number of benzene rings is 1. The molecular weight excluding hydrogens is 362 g/mol. The van der Waals surface area contributed by atoms with Crippen molar-refractivity contribution in [2.45, 2.75) is 19.9 Å². The summed E-state index contributed by atoms with van der Waals surface area (Å²) in [7, 11) is -3.57. The highest BCUT2D eigenvalue weighted by atomic mass is 32.2. The van der Waals surface area contributed by atoms with Crippen molar-refractivity contribution < 1.29 is 27.2 Å². The van der Waals surface area contributed by atoms with Crippen LogP contribution in [0.25, 0.3) is 0 Å². The van der Waals surface area contributed by atoms with Gasteiger partial charge in [-0.1, -0.05) is 11.2 Å². The van der Waals surface area contributed by atoms with Crippen LogP contribution in [0.4, 0.5) is 5.82 Å². The molecule has 1 aromatic heterocycles. The number of nitrogens with zero attached hydrogens (tertiary/aromatic N) is 2. The van der Waals surface area contributed by atoms with Crippen LogP contribution in [0.5, 0.6) is 11.5 Å². The topological polar surface area (TPSA) is 111 Å². The SMILES string of the molecule is Cc1cc(N(CCC(=O)NCc2ccc3c(c2)OCO3)S(C)(=O)=O)no1. The Labute approximate surface area is 150 Å². The van der Waals surface area contributed by atoms with Gasteiger partial charge in [0.2, 0.25) is 22.7 Å². The van der Waals surface area contributed by atoms with Crippen molar-refractivity contribution in [3.8, 4) is 11.5 Å². The molecule has 0 aliphatic carbocycles. The van der Waals surface area contributed by atoms with E-state index in [1.54, 1.807) is 19.1 Å². The van der Waals surface area contributed by atoms with Gasteiger partial charge in [0.25, 0.3) is 0 Å². The number of rotatable bonds is 7. The summed E-state index contributed by atoms with van der Waals surface area (Å²) < 4.78 is 40.3. The first-order valence-electron chi connectivity index (χ1n) is 7.89. The van der Waals surface area contributed by atoms with Crippen molar-refractivity contribution in [3.05, 3.63) is 35.6 Å². The molecule has 3 rings (SSSR count). The van der Waals surface area contributed by atoms with Gasteiger partial charge in [-0.15, -0.1) is 0 Å². The Morgan fingerprint density at radius 1 is 1.27 bits per heavy atom. The summed E-state index contributed by atoms with van der Waals surface area (Å²) in [5.41, 5.74) is 0.856. The number of hydrogen-bond acceptors (Lipinski definition) is 7. The Hall–Kier alpha value is -2.75. The van der Waals surface area contributed by atoms with E-state index in [0.29, 0.717) is 23.8 Å². The molecule has 2 heterocycles. The number of aromatic nitrogens is 1. The van der Waals surface area contributed by atoms with Crippen LogP contribution in [0, 0.1) is 6.92 Å². The summed E-state index contributed by atoms with van der Waals surface area (Å²) >= 11 is 0. The summed E-state index contributed by atoms with van der Waals surface area (Å²) in [5, 5.41) is 6.45. The highest BCUT2D eigenvalue weighted by Crippen LogP contribution is 2.32. The molecule has 0 spiro atoms. The Morgan fingerprint density at radius 2 is 2.04 bits per heavy atom. The van der Waals surface area contributed by atoms with Crippen LogP contribution < -0.4 is 19.1 Å². The average Bonchev–Trinajstić information content (AvgIpc) is 3.20. The second-order valence-electron chi connectivity index (χ2n) is 5.85. The van der Waals surface area contributed by atoms with Crippen LogP contribution in [0.15, 0.2) is 28.8 Å². The Kier molecular flexibility index (Phi) is 5.03. The summed E-state index contributed by atoms with van der Waals surface area (Å²) in [5.74, 6) is 1.68. The largest absolute Gasteiger partial charge is 0.454 e. The summed E-state index contributed by atoms with van der Waals surface area (Å²) in [6.45, 7) is 2.12. The zero-order chi connectivity index (χ0) is 18.7. The molecule has 26 heavy (non-hydrogen) atoms. The summed E-state index contributed by atoms with van der Waals surface area (Å²) in [6.07, 6.45) is 1.05. The number of nitrogens with one attached hydrogen (secondary N) is 1. The lowest BCUT2D eigenvalue weighted by atomic mass is 10.2. The monoisotopic (exact) mass is 381 g/mol. The molecule has 1 aliphatic rings. The van der Waals surface area contributed by atoms with Crippen LogP contribution in [-0.2, 0) is 21.4 Å². The van der Waals surface area contributed by atoms with Gasteiger partial charge < -0.3 is 19.3 Å². The molecule has 0 atom stereocenters. The van der Waals surface area contributed by atoms with Crippen LogP contribution >= 0.6 is 0 Å². The van der Waals surface area contributed by atoms with Gasteiger partial charge in [0.15, 0.2) is 17.3 Å². The zero-order valence-corrected chi connectivity index (χ0v) is 15.2. The molecule has 1 aliphatic heterocycles. The molecule has 0 fully saturated rings. The van der Waals surface area contributed by atoms with Crippen LogP contribution in [0.2, 0.25) is 0 Å². The molecule has 9 nitrogen and oxygen atoms in total. The van der Waals surface area contributed by atoms with Gasteiger partial charge >= 0.3 is 0 Å². The maximum Gasteiger partial charge on any atom is 0.233 e. The number of carbonyl (C=O) groups is 1. The van der Waals surface area contributed by atoms with E-state index in [-0.39, 0.29) is 31.5 Å². The number of aryl methyl sites for hydroxylation is 1. The summed E-state index contributed by atoms with van der Waals surface area (Å²) in [6, 6.07) is 6.91. The molecule has 0 unspecified atom stereocenters. The standard InChI is InChI=1S/C16H19N3O6S/c1-11-7-15(18-25-11)19(26(2,21)22)6-5-16(20)17-9-12-3-4-13-14(8-12)24-10-23-13/h3-4,7-8H,5-6,9-10H2,1-2H3,(H,17,20). The second-order valence-corrected chi connectivity index (χ2v) is 7.75. The Bertz CT molecular complexity index is 908. The molecule has 0 bridgehead atoms. The van der Waals surface area contributed by atoms with E-state index in [1.165, 1.54) is 6.07 Å². The normalized spacial score (nSPS) is 12.8. The minimum Gasteiger partial charge on any atom is -0.454 e. The van der Waals surface area contributed by atoms with E-state index in [1.807, 2.05) is 6.07 Å². The van der Waals surface area contributed by atoms with Crippen molar-refractivity contribution in [2.75, 3.05) is 23.9 Å². The number of carbonyl (C=O) groups excluding carboxylic acids is 1. The minimum atomic E-state index is -3.57. The van der Waals surface area contributed by atoms with Crippen molar-refractivity contribution in [1.82, 2.24) is 10.5 Å². The third-order valence-corrected chi connectivity index (χ3v) is 4.91. The van der Waals surface area contributed by atoms with Crippen molar-refractivity contribution in [2.24, 2.45) is 0 Å². The molecule has 1 aromatic carbocycles. The van der Waals surface area contributed by atoms with Gasteiger partial charge in [0, 0.05) is 25.6 Å². The fourth-order valence-corrected chi connectivity index (χ4v) is 3.31. The van der Waals surface area contributed by atoms with Gasteiger partial charge in [0.1, 0.15) is 5.76 Å². The minimum absolute atomic E-state index is 0.0104. The third kappa shape index (κ3) is 4.26. The van der Waals surface area contributed by atoms with E-state index >= 15 is 0 Å². The lowest BCUT2D eigenvalue weighted by Crippen LogP contribution is -2.34. The van der Waals surface area contributed by atoms with E-state index in [4.69, 9.17) is 14.0 Å². The predicted molar refractivity (Wildman–Crippen MR) is 92.5 cm³/mol. The fourth-order valence-electron chi connectivity index (χ4n) is 2.46. The smallest absolute Gasteiger partial charge is 0.233 e. The van der Waals surface area contributed by atoms with Gasteiger partial charge in [-0.3, -0.25) is 9.10 Å². The van der Waals surface area contributed by atoms with Crippen molar-refractivity contribution in [3.63, 3.8) is 0 Å². The summed E-state index contributed by atoms with van der Waals surface area (Å²) in [4.78, 5) is 12.1. The van der Waals surface area contributed by atoms with Crippen LogP contribution in [0.3, 0.4) is 0 Å². The first kappa shape index (κ1) is 18.1. The number of anilines is 1. The number of hydrogen-bond donors (Lipinski definition) is 1. The molecule has 0 saturated heterocycles. The molecule has 0 radical (unpaired) electrons. The number of sulfonamides is 1. The van der Waals surface area contributed by atoms with E-state index in [0.717, 1.165) is 16.1 Å². The molecule has 10 heteroatoms. The van der Waals surface area contributed by atoms with Crippen molar-refractivity contribution in [1.29, 1.82) is 0 Å². The van der Waals surface area contributed by atoms with Crippen LogP contribution in [0.1, 0.15) is 17.7 Å². The number of fused-ring (bicyclic) bond motifs is 1. The third-order valence-electron chi connectivity index (χ3n) is 3.74. The number of ether oxygens (including phenoxy) is 2.